The van der Waals surface area contributed by atoms with E-state index < -0.39 is 0 Å². The molecule has 168 valence electrons. The summed E-state index contributed by atoms with van der Waals surface area (Å²) in [5, 5.41) is 12.9. The normalized spacial score (nSPS) is 18.0. The Morgan fingerprint density at radius 1 is 1.03 bits per heavy atom. The second-order valence-corrected chi connectivity index (χ2v) is 7.96. The molecule has 0 spiro atoms. The smallest absolute Gasteiger partial charge is 0.227 e. The number of benzene rings is 2. The highest BCUT2D eigenvalue weighted by Gasteiger charge is 2.19. The van der Waals surface area contributed by atoms with Gasteiger partial charge in [-0.25, -0.2) is 9.97 Å². The number of ether oxygens (including phenoxy) is 3. The molecule has 1 N–H and O–H groups in total. The summed E-state index contributed by atoms with van der Waals surface area (Å²) in [6.07, 6.45) is 2.53. The van der Waals surface area contributed by atoms with E-state index in [0.717, 1.165) is 49.7 Å². The lowest BCUT2D eigenvalue weighted by molar-refractivity contribution is 0.122. The minimum atomic E-state index is -0.00700. The molecule has 0 saturated carbocycles. The maximum absolute atomic E-state index is 9.61. The van der Waals surface area contributed by atoms with E-state index in [-0.39, 0.29) is 6.10 Å². The number of anilines is 3. The van der Waals surface area contributed by atoms with Crippen LogP contribution in [0, 0.1) is 11.3 Å². The van der Waals surface area contributed by atoms with E-state index in [9.17, 15) is 5.26 Å². The monoisotopic (exact) mass is 443 g/mol. The maximum atomic E-state index is 9.61. The number of rotatable bonds is 6. The lowest BCUT2D eigenvalue weighted by Gasteiger charge is -2.28. The first kappa shape index (κ1) is 21.2. The van der Waals surface area contributed by atoms with E-state index in [1.54, 1.807) is 12.3 Å². The second kappa shape index (κ2) is 9.86. The number of nitrogens with zero attached hydrogens (tertiary/aromatic N) is 4. The minimum Gasteiger partial charge on any atom is -0.487 e. The van der Waals surface area contributed by atoms with Crippen LogP contribution in [0.15, 0.2) is 54.7 Å². The van der Waals surface area contributed by atoms with Gasteiger partial charge in [0, 0.05) is 42.6 Å². The molecule has 33 heavy (non-hydrogen) atoms. The van der Waals surface area contributed by atoms with Crippen molar-refractivity contribution in [2.45, 2.75) is 12.5 Å². The van der Waals surface area contributed by atoms with Crippen molar-refractivity contribution in [2.75, 3.05) is 49.7 Å². The Balaban J connectivity index is 1.30. The standard InChI is InChI=1S/C25H25N5O3/c26-16-19-15-18(1-6-24(19)33-22-8-12-32-17-22)23-7-9-27-25(29-23)28-20-2-4-21(5-3-20)30-10-13-31-14-11-30/h1-7,9,15,22H,8,10-14,17H2,(H,27,28,29). The number of nitriles is 1. The SMILES string of the molecule is N#Cc1cc(-c2ccnc(Nc3ccc(N4CCOCC4)cc3)n2)ccc1OC1CCOC1. The molecule has 2 fully saturated rings. The Kier molecular flexibility index (Phi) is 6.33. The number of morpholine rings is 1. The highest BCUT2D eigenvalue weighted by atomic mass is 16.5. The van der Waals surface area contributed by atoms with Crippen molar-refractivity contribution >= 4 is 17.3 Å². The van der Waals surface area contributed by atoms with Crippen LogP contribution in [-0.4, -0.2) is 55.6 Å². The van der Waals surface area contributed by atoms with Crippen molar-refractivity contribution in [1.29, 1.82) is 5.26 Å². The molecular formula is C25H25N5O3. The summed E-state index contributed by atoms with van der Waals surface area (Å²) in [7, 11) is 0. The Morgan fingerprint density at radius 2 is 1.88 bits per heavy atom. The third kappa shape index (κ3) is 5.06. The van der Waals surface area contributed by atoms with Crippen molar-refractivity contribution in [2.24, 2.45) is 0 Å². The van der Waals surface area contributed by atoms with Gasteiger partial charge >= 0.3 is 0 Å². The third-order valence-electron chi connectivity index (χ3n) is 5.73. The van der Waals surface area contributed by atoms with Crippen LogP contribution in [0.25, 0.3) is 11.3 Å². The molecule has 5 rings (SSSR count). The van der Waals surface area contributed by atoms with Crippen LogP contribution in [0.4, 0.5) is 17.3 Å². The molecule has 0 radical (unpaired) electrons. The molecule has 0 bridgehead atoms. The van der Waals surface area contributed by atoms with E-state index in [1.807, 2.05) is 30.3 Å². The number of aromatic nitrogens is 2. The zero-order valence-corrected chi connectivity index (χ0v) is 18.2. The van der Waals surface area contributed by atoms with Gasteiger partial charge in [-0.1, -0.05) is 0 Å². The zero-order valence-electron chi connectivity index (χ0n) is 18.2. The first-order valence-electron chi connectivity index (χ1n) is 11.1. The maximum Gasteiger partial charge on any atom is 0.227 e. The molecule has 0 aliphatic carbocycles. The Morgan fingerprint density at radius 3 is 2.64 bits per heavy atom. The molecule has 2 aliphatic rings. The van der Waals surface area contributed by atoms with E-state index in [0.29, 0.717) is 30.5 Å². The van der Waals surface area contributed by atoms with Crippen molar-refractivity contribution in [3.05, 3.63) is 60.3 Å². The second-order valence-electron chi connectivity index (χ2n) is 7.96. The van der Waals surface area contributed by atoms with Gasteiger partial charge in [0.05, 0.1) is 37.7 Å². The van der Waals surface area contributed by atoms with Crippen LogP contribution >= 0.6 is 0 Å². The fourth-order valence-corrected chi connectivity index (χ4v) is 3.95. The van der Waals surface area contributed by atoms with Gasteiger partial charge in [0.15, 0.2) is 0 Å². The van der Waals surface area contributed by atoms with Crippen LogP contribution in [0.2, 0.25) is 0 Å². The van der Waals surface area contributed by atoms with Crippen LogP contribution in [-0.2, 0) is 9.47 Å². The van der Waals surface area contributed by atoms with Gasteiger partial charge in [0.1, 0.15) is 17.9 Å². The van der Waals surface area contributed by atoms with E-state index in [4.69, 9.17) is 14.2 Å². The summed E-state index contributed by atoms with van der Waals surface area (Å²) in [6.45, 7) is 4.58. The van der Waals surface area contributed by atoms with Crippen molar-refractivity contribution < 1.29 is 14.2 Å². The fraction of sp³-hybridized carbons (Fsp3) is 0.320. The first-order chi connectivity index (χ1) is 16.3. The summed E-state index contributed by atoms with van der Waals surface area (Å²) in [5.41, 5.74) is 4.11. The molecule has 8 heteroatoms. The highest BCUT2D eigenvalue weighted by Crippen LogP contribution is 2.28. The Labute approximate surface area is 192 Å². The molecule has 1 aromatic heterocycles. The zero-order chi connectivity index (χ0) is 22.5. The summed E-state index contributed by atoms with van der Waals surface area (Å²) < 4.78 is 16.7. The molecular weight excluding hydrogens is 418 g/mol. The van der Waals surface area contributed by atoms with Crippen LogP contribution in [0.3, 0.4) is 0 Å². The summed E-state index contributed by atoms with van der Waals surface area (Å²) in [4.78, 5) is 11.3. The lowest BCUT2D eigenvalue weighted by atomic mass is 10.1. The van der Waals surface area contributed by atoms with Gasteiger partial charge in [-0.3, -0.25) is 0 Å². The average Bonchev–Trinajstić information content (AvgIpc) is 3.39. The topological polar surface area (TPSA) is 92.5 Å². The molecule has 0 amide bonds. The molecule has 2 aromatic carbocycles. The molecule has 1 unspecified atom stereocenters. The number of hydrogen-bond acceptors (Lipinski definition) is 8. The van der Waals surface area contributed by atoms with Crippen LogP contribution in [0.1, 0.15) is 12.0 Å². The molecule has 3 heterocycles. The molecule has 1 atom stereocenters. The van der Waals surface area contributed by atoms with E-state index >= 15 is 0 Å². The van der Waals surface area contributed by atoms with E-state index in [1.165, 1.54) is 5.69 Å². The van der Waals surface area contributed by atoms with Crippen molar-refractivity contribution in [1.82, 2.24) is 9.97 Å². The van der Waals surface area contributed by atoms with Gasteiger partial charge in [0.2, 0.25) is 5.95 Å². The summed E-state index contributed by atoms with van der Waals surface area (Å²) in [5.74, 6) is 1.07. The Bertz CT molecular complexity index is 1130. The number of hydrogen-bond donors (Lipinski definition) is 1. The molecule has 3 aromatic rings. The predicted molar refractivity (Wildman–Crippen MR) is 125 cm³/mol. The predicted octanol–water partition coefficient (Wildman–Crippen LogP) is 3.76. The lowest BCUT2D eigenvalue weighted by Crippen LogP contribution is -2.36. The van der Waals surface area contributed by atoms with Gasteiger partial charge in [-0.2, -0.15) is 5.26 Å². The van der Waals surface area contributed by atoms with Crippen LogP contribution < -0.4 is 15.0 Å². The quantitative estimate of drug-likeness (QED) is 0.616. The molecule has 8 nitrogen and oxygen atoms in total. The minimum absolute atomic E-state index is 0.00700. The van der Waals surface area contributed by atoms with Gasteiger partial charge in [-0.05, 0) is 48.5 Å². The van der Waals surface area contributed by atoms with Gasteiger partial charge < -0.3 is 24.4 Å². The van der Waals surface area contributed by atoms with Gasteiger partial charge in [-0.15, -0.1) is 0 Å². The van der Waals surface area contributed by atoms with E-state index in [2.05, 4.69) is 38.4 Å². The first-order valence-corrected chi connectivity index (χ1v) is 11.1. The van der Waals surface area contributed by atoms with Crippen molar-refractivity contribution in [3.8, 4) is 23.1 Å². The average molecular weight is 444 g/mol. The van der Waals surface area contributed by atoms with Crippen LogP contribution in [0.5, 0.6) is 5.75 Å². The largest absolute Gasteiger partial charge is 0.487 e. The highest BCUT2D eigenvalue weighted by molar-refractivity contribution is 5.66. The molecule has 2 aliphatic heterocycles. The van der Waals surface area contributed by atoms with Gasteiger partial charge in [0.25, 0.3) is 0 Å². The van der Waals surface area contributed by atoms with Crippen molar-refractivity contribution in [3.63, 3.8) is 0 Å². The Hall–Kier alpha value is -3.67. The fourth-order valence-electron chi connectivity index (χ4n) is 3.95. The summed E-state index contributed by atoms with van der Waals surface area (Å²) >= 11 is 0. The number of nitrogens with one attached hydrogen (secondary N) is 1. The molecule has 2 saturated heterocycles. The third-order valence-corrected chi connectivity index (χ3v) is 5.73. The summed E-state index contributed by atoms with van der Waals surface area (Å²) in [6, 6.07) is 17.8.